The average molecular weight is 281 g/mol. The fraction of sp³-hybridized carbons (Fsp3) is 0.417. The second-order valence-electron chi connectivity index (χ2n) is 4.52. The highest BCUT2D eigenvalue weighted by molar-refractivity contribution is 7.90. The van der Waals surface area contributed by atoms with Gasteiger partial charge in [-0.05, 0) is 24.5 Å². The van der Waals surface area contributed by atoms with Crippen LogP contribution in [0.4, 0.5) is 5.69 Å². The molecule has 0 radical (unpaired) electrons. The number of benzene rings is 1. The summed E-state index contributed by atoms with van der Waals surface area (Å²) in [6, 6.07) is 6.65. The number of nitrogens with one attached hydrogen (secondary N) is 1. The molecular weight excluding hydrogens is 266 g/mol. The smallest absolute Gasteiger partial charge is 0.296 e. The molecule has 7 heteroatoms. The number of nitrogens with two attached hydrogens (primary N) is 1. The van der Waals surface area contributed by atoms with Crippen molar-refractivity contribution in [3.63, 3.8) is 0 Å². The topological polar surface area (TPSA) is 105 Å². The largest absolute Gasteiger partial charge is 0.492 e. The van der Waals surface area contributed by atoms with Gasteiger partial charge in [0.05, 0.1) is 12.3 Å². The predicted octanol–water partition coefficient (Wildman–Crippen LogP) is 1.35. The van der Waals surface area contributed by atoms with Gasteiger partial charge in [0, 0.05) is 0 Å². The first-order valence-corrected chi connectivity index (χ1v) is 7.50. The summed E-state index contributed by atoms with van der Waals surface area (Å²) in [5.74, 6) is 1.10. The quantitative estimate of drug-likeness (QED) is 0.821. The van der Waals surface area contributed by atoms with Gasteiger partial charge in [0.25, 0.3) is 10.2 Å². The zero-order valence-electron chi connectivity index (χ0n) is 10.3. The Morgan fingerprint density at radius 1 is 1.47 bits per heavy atom. The van der Waals surface area contributed by atoms with E-state index in [1.54, 1.807) is 12.1 Å². The van der Waals surface area contributed by atoms with Gasteiger partial charge in [-0.2, -0.15) is 13.7 Å². The lowest BCUT2D eigenvalue weighted by atomic mass is 10.2. The van der Waals surface area contributed by atoms with Crippen molar-refractivity contribution in [3.05, 3.63) is 23.8 Å². The summed E-state index contributed by atoms with van der Waals surface area (Å²) in [5, 5.41) is 14.0. The van der Waals surface area contributed by atoms with Crippen LogP contribution < -0.4 is 14.6 Å². The van der Waals surface area contributed by atoms with Crippen LogP contribution in [0.1, 0.15) is 24.8 Å². The van der Waals surface area contributed by atoms with Crippen molar-refractivity contribution >= 4 is 15.9 Å². The Labute approximate surface area is 112 Å². The van der Waals surface area contributed by atoms with E-state index in [2.05, 4.69) is 4.72 Å². The minimum Gasteiger partial charge on any atom is -0.492 e. The summed E-state index contributed by atoms with van der Waals surface area (Å²) < 4.78 is 29.7. The van der Waals surface area contributed by atoms with Gasteiger partial charge in [0.15, 0.2) is 0 Å². The van der Waals surface area contributed by atoms with Gasteiger partial charge in [-0.15, -0.1) is 0 Å². The Bertz CT molecular complexity index is 603. The molecule has 0 amide bonds. The van der Waals surface area contributed by atoms with Crippen LogP contribution in [0.2, 0.25) is 0 Å². The van der Waals surface area contributed by atoms with Gasteiger partial charge in [-0.3, -0.25) is 4.72 Å². The predicted molar refractivity (Wildman–Crippen MR) is 70.7 cm³/mol. The molecule has 1 fully saturated rings. The fourth-order valence-electron chi connectivity index (χ4n) is 1.75. The number of hydrogen-bond donors (Lipinski definition) is 2. The van der Waals surface area contributed by atoms with Crippen molar-refractivity contribution < 1.29 is 13.2 Å². The van der Waals surface area contributed by atoms with E-state index in [-0.39, 0.29) is 11.3 Å². The van der Waals surface area contributed by atoms with Gasteiger partial charge in [-0.25, -0.2) is 5.14 Å². The molecule has 0 unspecified atom stereocenters. The van der Waals surface area contributed by atoms with Gasteiger partial charge in [0.2, 0.25) is 0 Å². The molecule has 1 aromatic carbocycles. The molecule has 1 saturated carbocycles. The van der Waals surface area contributed by atoms with E-state index in [1.807, 2.05) is 6.07 Å². The van der Waals surface area contributed by atoms with Crippen LogP contribution in [0, 0.1) is 17.2 Å². The summed E-state index contributed by atoms with van der Waals surface area (Å²) in [6.07, 6.45) is 3.43. The third-order valence-electron chi connectivity index (χ3n) is 2.87. The van der Waals surface area contributed by atoms with E-state index >= 15 is 0 Å². The maximum Gasteiger partial charge on any atom is 0.296 e. The molecule has 0 saturated heterocycles. The van der Waals surface area contributed by atoms with Gasteiger partial charge in [-0.1, -0.05) is 18.9 Å². The molecule has 19 heavy (non-hydrogen) atoms. The molecule has 0 atom stereocenters. The van der Waals surface area contributed by atoms with Crippen molar-refractivity contribution in [2.45, 2.75) is 19.3 Å². The maximum atomic E-state index is 11.0. The highest BCUT2D eigenvalue weighted by atomic mass is 32.2. The summed E-state index contributed by atoms with van der Waals surface area (Å²) in [7, 11) is -3.91. The molecule has 1 aliphatic carbocycles. The molecule has 0 aliphatic heterocycles. The van der Waals surface area contributed by atoms with Crippen LogP contribution >= 0.6 is 0 Å². The van der Waals surface area contributed by atoms with Crippen LogP contribution in [0.5, 0.6) is 5.75 Å². The third-order valence-corrected chi connectivity index (χ3v) is 3.38. The van der Waals surface area contributed by atoms with Crippen molar-refractivity contribution in [1.82, 2.24) is 0 Å². The molecule has 102 valence electrons. The van der Waals surface area contributed by atoms with E-state index in [0.29, 0.717) is 12.4 Å². The Morgan fingerprint density at radius 3 is 2.79 bits per heavy atom. The molecular formula is C12H15N3O3S. The number of hydrogen-bond acceptors (Lipinski definition) is 4. The summed E-state index contributed by atoms with van der Waals surface area (Å²) >= 11 is 0. The van der Waals surface area contributed by atoms with Crippen molar-refractivity contribution in [3.8, 4) is 11.8 Å². The Hall–Kier alpha value is -1.78. The first kappa shape index (κ1) is 13.6. The lowest BCUT2D eigenvalue weighted by Gasteiger charge is -2.11. The minimum atomic E-state index is -3.91. The Morgan fingerprint density at radius 2 is 2.21 bits per heavy atom. The maximum absolute atomic E-state index is 11.0. The van der Waals surface area contributed by atoms with Crippen LogP contribution in [0.25, 0.3) is 0 Å². The van der Waals surface area contributed by atoms with Crippen LogP contribution in [0.3, 0.4) is 0 Å². The molecule has 1 aliphatic rings. The Kier molecular flexibility index (Phi) is 3.93. The summed E-state index contributed by atoms with van der Waals surface area (Å²) in [6.45, 7) is 0.526. The molecule has 1 aromatic rings. The molecule has 0 aromatic heterocycles. The van der Waals surface area contributed by atoms with Crippen molar-refractivity contribution in [1.29, 1.82) is 5.26 Å². The van der Waals surface area contributed by atoms with E-state index in [1.165, 1.54) is 18.9 Å². The van der Waals surface area contributed by atoms with E-state index < -0.39 is 10.2 Å². The highest BCUT2D eigenvalue weighted by Gasteiger charge is 2.21. The molecule has 2 rings (SSSR count). The first-order chi connectivity index (χ1) is 8.99. The second kappa shape index (κ2) is 5.47. The van der Waals surface area contributed by atoms with Crippen LogP contribution in [0.15, 0.2) is 18.2 Å². The number of nitrogens with zero attached hydrogens (tertiary/aromatic N) is 1. The van der Waals surface area contributed by atoms with Crippen LogP contribution in [-0.4, -0.2) is 15.0 Å². The van der Waals surface area contributed by atoms with Gasteiger partial charge in [0.1, 0.15) is 17.4 Å². The minimum absolute atomic E-state index is 0.133. The lowest BCUT2D eigenvalue weighted by Crippen LogP contribution is -2.22. The molecule has 0 spiro atoms. The SMILES string of the molecule is N#Cc1c(NS(N)(=O)=O)cccc1OCCC1CC1. The molecule has 0 bridgehead atoms. The van der Waals surface area contributed by atoms with E-state index in [9.17, 15) is 8.42 Å². The Balaban J connectivity index is 2.13. The lowest BCUT2D eigenvalue weighted by molar-refractivity contribution is 0.302. The number of rotatable bonds is 6. The number of nitriles is 1. The van der Waals surface area contributed by atoms with Crippen LogP contribution in [-0.2, 0) is 10.2 Å². The van der Waals surface area contributed by atoms with E-state index in [4.69, 9.17) is 15.1 Å². The molecule has 3 N–H and O–H groups in total. The molecule has 0 heterocycles. The summed E-state index contributed by atoms with van der Waals surface area (Å²) in [5.41, 5.74) is 0.279. The van der Waals surface area contributed by atoms with Gasteiger partial charge >= 0.3 is 0 Å². The second-order valence-corrected chi connectivity index (χ2v) is 5.81. The zero-order chi connectivity index (χ0) is 13.9. The normalized spacial score (nSPS) is 14.7. The number of ether oxygens (including phenoxy) is 1. The number of anilines is 1. The zero-order valence-corrected chi connectivity index (χ0v) is 11.1. The monoisotopic (exact) mass is 281 g/mol. The standard InChI is InChI=1S/C12H15N3O3S/c13-8-10-11(15-19(14,16)17)2-1-3-12(10)18-7-6-9-4-5-9/h1-3,9,15H,4-7H2,(H2,14,16,17). The molecule has 6 nitrogen and oxygen atoms in total. The van der Waals surface area contributed by atoms with Crippen molar-refractivity contribution in [2.75, 3.05) is 11.3 Å². The third kappa shape index (κ3) is 4.12. The van der Waals surface area contributed by atoms with Gasteiger partial charge < -0.3 is 4.74 Å². The summed E-state index contributed by atoms with van der Waals surface area (Å²) in [4.78, 5) is 0. The average Bonchev–Trinajstić information content (AvgIpc) is 3.11. The first-order valence-electron chi connectivity index (χ1n) is 5.96. The van der Waals surface area contributed by atoms with E-state index in [0.717, 1.165) is 12.3 Å². The highest BCUT2D eigenvalue weighted by Crippen LogP contribution is 2.33. The fourth-order valence-corrected chi connectivity index (χ4v) is 2.22. The van der Waals surface area contributed by atoms with Crippen molar-refractivity contribution in [2.24, 2.45) is 11.1 Å².